The van der Waals surface area contributed by atoms with Crippen LogP contribution in [0.15, 0.2) is 24.3 Å². The van der Waals surface area contributed by atoms with Gasteiger partial charge in [0.15, 0.2) is 0 Å². The summed E-state index contributed by atoms with van der Waals surface area (Å²) in [6.07, 6.45) is 0.512. The number of halogens is 1. The molecule has 0 unspecified atom stereocenters. The van der Waals surface area contributed by atoms with Crippen LogP contribution in [0.1, 0.15) is 18.9 Å². The Labute approximate surface area is 86.5 Å². The zero-order valence-corrected chi connectivity index (χ0v) is 9.10. The highest BCUT2D eigenvalue weighted by Crippen LogP contribution is 2.13. The van der Waals surface area contributed by atoms with Crippen molar-refractivity contribution in [2.75, 3.05) is 5.32 Å². The number of carbonyl (C=O) groups is 1. The Kier molecular flexibility index (Phi) is 3.96. The smallest absolute Gasteiger partial charge is 0.224 e. The molecular formula is C10H12BrNO. The maximum Gasteiger partial charge on any atom is 0.224 e. The fourth-order valence-electron chi connectivity index (χ4n) is 0.982. The highest BCUT2D eigenvalue weighted by atomic mass is 79.9. The molecule has 1 rings (SSSR count). The monoisotopic (exact) mass is 241 g/mol. The van der Waals surface area contributed by atoms with Gasteiger partial charge in [-0.05, 0) is 17.7 Å². The van der Waals surface area contributed by atoms with Crippen molar-refractivity contribution >= 4 is 27.5 Å². The van der Waals surface area contributed by atoms with Crippen LogP contribution < -0.4 is 5.32 Å². The summed E-state index contributed by atoms with van der Waals surface area (Å²) in [7, 11) is 0. The lowest BCUT2D eigenvalue weighted by Gasteiger charge is -2.04. The van der Waals surface area contributed by atoms with Gasteiger partial charge in [0.1, 0.15) is 0 Å². The van der Waals surface area contributed by atoms with Crippen molar-refractivity contribution in [3.05, 3.63) is 29.8 Å². The van der Waals surface area contributed by atoms with E-state index in [1.165, 1.54) is 0 Å². The maximum atomic E-state index is 11.1. The molecule has 0 aliphatic heterocycles. The minimum Gasteiger partial charge on any atom is -0.326 e. The Morgan fingerprint density at radius 2 is 2.31 bits per heavy atom. The molecule has 1 aromatic rings. The average Bonchev–Trinajstić information content (AvgIpc) is 2.18. The summed E-state index contributed by atoms with van der Waals surface area (Å²) in [6.45, 7) is 1.84. The minimum absolute atomic E-state index is 0.0479. The molecule has 0 aliphatic carbocycles. The number of carbonyl (C=O) groups excluding carboxylic acids is 1. The molecule has 2 nitrogen and oxygen atoms in total. The van der Waals surface area contributed by atoms with E-state index in [0.717, 1.165) is 16.6 Å². The summed E-state index contributed by atoms with van der Waals surface area (Å²) in [5.74, 6) is 0.0479. The lowest BCUT2D eigenvalue weighted by Crippen LogP contribution is -2.09. The second-order valence-electron chi connectivity index (χ2n) is 2.74. The Hall–Kier alpha value is -0.830. The van der Waals surface area contributed by atoms with Gasteiger partial charge < -0.3 is 5.32 Å². The molecule has 0 saturated heterocycles. The summed E-state index contributed by atoms with van der Waals surface area (Å²) < 4.78 is 0. The zero-order valence-electron chi connectivity index (χ0n) is 7.51. The van der Waals surface area contributed by atoms with Crippen LogP contribution in [0, 0.1) is 0 Å². The molecule has 0 spiro atoms. The minimum atomic E-state index is 0.0479. The van der Waals surface area contributed by atoms with Crippen molar-refractivity contribution in [2.24, 2.45) is 0 Å². The molecule has 1 amide bonds. The van der Waals surface area contributed by atoms with Crippen molar-refractivity contribution in [2.45, 2.75) is 18.7 Å². The molecule has 0 aromatic heterocycles. The number of nitrogens with one attached hydrogen (secondary N) is 1. The number of benzene rings is 1. The Morgan fingerprint density at radius 3 is 2.92 bits per heavy atom. The van der Waals surface area contributed by atoms with Gasteiger partial charge in [-0.15, -0.1) is 0 Å². The number of alkyl halides is 1. The maximum absolute atomic E-state index is 11.1. The first kappa shape index (κ1) is 10.3. The summed E-state index contributed by atoms with van der Waals surface area (Å²) in [5.41, 5.74) is 2.03. The van der Waals surface area contributed by atoms with Crippen LogP contribution in [0.2, 0.25) is 0 Å². The highest BCUT2D eigenvalue weighted by molar-refractivity contribution is 9.08. The second-order valence-corrected chi connectivity index (χ2v) is 3.30. The van der Waals surface area contributed by atoms with E-state index in [-0.39, 0.29) is 5.91 Å². The normalized spacial score (nSPS) is 9.69. The lowest BCUT2D eigenvalue weighted by molar-refractivity contribution is -0.115. The summed E-state index contributed by atoms with van der Waals surface area (Å²) in [6, 6.07) is 7.79. The first-order valence-corrected chi connectivity index (χ1v) is 5.33. The van der Waals surface area contributed by atoms with E-state index in [2.05, 4.69) is 21.2 Å². The van der Waals surface area contributed by atoms with Crippen molar-refractivity contribution in [3.63, 3.8) is 0 Å². The molecular weight excluding hydrogens is 230 g/mol. The van der Waals surface area contributed by atoms with Crippen LogP contribution in [0.5, 0.6) is 0 Å². The molecule has 0 heterocycles. The molecule has 1 N–H and O–H groups in total. The highest BCUT2D eigenvalue weighted by Gasteiger charge is 1.98. The van der Waals surface area contributed by atoms with Gasteiger partial charge in [0.25, 0.3) is 0 Å². The van der Waals surface area contributed by atoms with Crippen LogP contribution in [-0.4, -0.2) is 5.91 Å². The SMILES string of the molecule is CCC(=O)Nc1cccc(CBr)c1. The largest absolute Gasteiger partial charge is 0.326 e. The van der Waals surface area contributed by atoms with Crippen molar-refractivity contribution in [3.8, 4) is 0 Å². The summed E-state index contributed by atoms with van der Waals surface area (Å²) in [5, 5.41) is 3.61. The van der Waals surface area contributed by atoms with Crippen LogP contribution in [0.3, 0.4) is 0 Å². The zero-order chi connectivity index (χ0) is 9.68. The van der Waals surface area contributed by atoms with Crippen molar-refractivity contribution in [1.82, 2.24) is 0 Å². The molecule has 0 bridgehead atoms. The summed E-state index contributed by atoms with van der Waals surface area (Å²) >= 11 is 3.36. The molecule has 3 heteroatoms. The first-order valence-electron chi connectivity index (χ1n) is 4.21. The standard InChI is InChI=1S/C10H12BrNO/c1-2-10(13)12-9-5-3-4-8(6-9)7-11/h3-6H,2,7H2,1H3,(H,12,13). The number of anilines is 1. The predicted molar refractivity (Wildman–Crippen MR) is 58.0 cm³/mol. The average molecular weight is 242 g/mol. The second kappa shape index (κ2) is 5.02. The third-order valence-corrected chi connectivity index (χ3v) is 2.33. The van der Waals surface area contributed by atoms with Crippen molar-refractivity contribution in [1.29, 1.82) is 0 Å². The van der Waals surface area contributed by atoms with E-state index in [1.54, 1.807) is 0 Å². The van der Waals surface area contributed by atoms with Crippen LogP contribution in [0.4, 0.5) is 5.69 Å². The molecule has 1 aromatic carbocycles. The third kappa shape index (κ3) is 3.19. The number of hydrogen-bond acceptors (Lipinski definition) is 1. The van der Waals surface area contributed by atoms with E-state index >= 15 is 0 Å². The Bertz CT molecular complexity index is 299. The van der Waals surface area contributed by atoms with Crippen LogP contribution in [0.25, 0.3) is 0 Å². The topological polar surface area (TPSA) is 29.1 Å². The van der Waals surface area contributed by atoms with Gasteiger partial charge in [0.2, 0.25) is 5.91 Å². The van der Waals surface area contributed by atoms with E-state index < -0.39 is 0 Å². The predicted octanol–water partition coefficient (Wildman–Crippen LogP) is 2.93. The fourth-order valence-corrected chi connectivity index (χ4v) is 1.33. The lowest BCUT2D eigenvalue weighted by atomic mass is 10.2. The number of amides is 1. The molecule has 0 aliphatic rings. The van der Waals surface area contributed by atoms with Gasteiger partial charge in [-0.1, -0.05) is 35.0 Å². The van der Waals surface area contributed by atoms with Crippen LogP contribution in [-0.2, 0) is 10.1 Å². The first-order chi connectivity index (χ1) is 6.26. The Balaban J connectivity index is 2.71. The summed E-state index contributed by atoms with van der Waals surface area (Å²) in [4.78, 5) is 11.1. The van der Waals surface area contributed by atoms with E-state index in [1.807, 2.05) is 31.2 Å². The molecule has 0 radical (unpaired) electrons. The number of rotatable bonds is 3. The molecule has 0 atom stereocenters. The van der Waals surface area contributed by atoms with Gasteiger partial charge >= 0.3 is 0 Å². The van der Waals surface area contributed by atoms with E-state index in [9.17, 15) is 4.79 Å². The van der Waals surface area contributed by atoms with Gasteiger partial charge in [-0.3, -0.25) is 4.79 Å². The van der Waals surface area contributed by atoms with E-state index in [0.29, 0.717) is 6.42 Å². The Morgan fingerprint density at radius 1 is 1.54 bits per heavy atom. The van der Waals surface area contributed by atoms with Crippen LogP contribution >= 0.6 is 15.9 Å². The van der Waals surface area contributed by atoms with E-state index in [4.69, 9.17) is 0 Å². The third-order valence-electron chi connectivity index (χ3n) is 1.69. The quantitative estimate of drug-likeness (QED) is 0.811. The fraction of sp³-hybridized carbons (Fsp3) is 0.300. The van der Waals surface area contributed by atoms with Gasteiger partial charge in [-0.2, -0.15) is 0 Å². The molecule has 13 heavy (non-hydrogen) atoms. The van der Waals surface area contributed by atoms with Gasteiger partial charge in [-0.25, -0.2) is 0 Å². The molecule has 0 fully saturated rings. The molecule has 70 valence electrons. The van der Waals surface area contributed by atoms with Crippen molar-refractivity contribution < 1.29 is 4.79 Å². The molecule has 0 saturated carbocycles. The van der Waals surface area contributed by atoms with Gasteiger partial charge in [0.05, 0.1) is 0 Å². The number of hydrogen-bond donors (Lipinski definition) is 1. The van der Waals surface area contributed by atoms with Gasteiger partial charge in [0, 0.05) is 17.4 Å².